The first-order chi connectivity index (χ1) is 7.26. The van der Waals surface area contributed by atoms with Crippen molar-refractivity contribution in [3.63, 3.8) is 0 Å². The highest BCUT2D eigenvalue weighted by Crippen LogP contribution is 2.33. The van der Waals surface area contributed by atoms with E-state index >= 15 is 0 Å². The van der Waals surface area contributed by atoms with Crippen LogP contribution >= 0.6 is 0 Å². The minimum Gasteiger partial charge on any atom is -0.368 e. The molecule has 0 aromatic heterocycles. The van der Waals surface area contributed by atoms with Gasteiger partial charge in [0, 0.05) is 23.8 Å². The number of hydrogen-bond acceptors (Lipinski definition) is 2. The molecule has 1 fully saturated rings. The van der Waals surface area contributed by atoms with Crippen LogP contribution < -0.4 is 4.90 Å². The molecule has 2 rings (SSSR count). The average molecular weight is 203 g/mol. The summed E-state index contributed by atoms with van der Waals surface area (Å²) in [5, 5.41) is 0. The molecule has 80 valence electrons. The Labute approximate surface area is 90.9 Å². The van der Waals surface area contributed by atoms with E-state index in [1.54, 1.807) is 0 Å². The molecule has 0 aliphatic heterocycles. The first kappa shape index (κ1) is 10.2. The standard InChI is InChI=1S/C13H17NO/c1-3-14(12-5-6-12)13-7-4-10(2)8-11(13)9-15/h4,7-9,12H,3,5-6H2,1-2H3. The minimum atomic E-state index is 0.663. The molecule has 0 heterocycles. The molecule has 2 heteroatoms. The third-order valence-corrected chi connectivity index (χ3v) is 2.95. The quantitative estimate of drug-likeness (QED) is 0.701. The Balaban J connectivity index is 2.36. The van der Waals surface area contributed by atoms with Crippen LogP contribution in [0.1, 0.15) is 35.7 Å². The summed E-state index contributed by atoms with van der Waals surface area (Å²) in [6, 6.07) is 6.78. The highest BCUT2D eigenvalue weighted by molar-refractivity contribution is 5.85. The predicted octanol–water partition coefficient (Wildman–Crippen LogP) is 2.80. The number of aldehydes is 1. The van der Waals surface area contributed by atoms with Crippen molar-refractivity contribution < 1.29 is 4.79 Å². The van der Waals surface area contributed by atoms with Gasteiger partial charge < -0.3 is 4.90 Å². The van der Waals surface area contributed by atoms with Gasteiger partial charge in [0.1, 0.15) is 0 Å². The summed E-state index contributed by atoms with van der Waals surface area (Å²) < 4.78 is 0. The van der Waals surface area contributed by atoms with Gasteiger partial charge in [-0.3, -0.25) is 4.79 Å². The Morgan fingerprint density at radius 2 is 2.20 bits per heavy atom. The van der Waals surface area contributed by atoms with E-state index in [0.29, 0.717) is 6.04 Å². The summed E-state index contributed by atoms with van der Waals surface area (Å²) in [6.07, 6.45) is 3.49. The van der Waals surface area contributed by atoms with E-state index in [0.717, 1.165) is 29.6 Å². The van der Waals surface area contributed by atoms with Crippen molar-refractivity contribution >= 4 is 12.0 Å². The zero-order valence-electron chi connectivity index (χ0n) is 9.36. The van der Waals surface area contributed by atoms with Crippen LogP contribution in [0.5, 0.6) is 0 Å². The van der Waals surface area contributed by atoms with Gasteiger partial charge in [0.25, 0.3) is 0 Å². The lowest BCUT2D eigenvalue weighted by Crippen LogP contribution is -2.26. The van der Waals surface area contributed by atoms with Crippen molar-refractivity contribution in [2.45, 2.75) is 32.7 Å². The summed E-state index contributed by atoms with van der Waals surface area (Å²) in [4.78, 5) is 13.4. The van der Waals surface area contributed by atoms with Gasteiger partial charge in [-0.05, 0) is 38.8 Å². The van der Waals surface area contributed by atoms with Crippen molar-refractivity contribution in [3.05, 3.63) is 29.3 Å². The first-order valence-electron chi connectivity index (χ1n) is 5.58. The monoisotopic (exact) mass is 203 g/mol. The van der Waals surface area contributed by atoms with Gasteiger partial charge in [0.05, 0.1) is 0 Å². The smallest absolute Gasteiger partial charge is 0.152 e. The van der Waals surface area contributed by atoms with E-state index in [4.69, 9.17) is 0 Å². The second-order valence-corrected chi connectivity index (χ2v) is 4.20. The third kappa shape index (κ3) is 2.04. The number of hydrogen-bond donors (Lipinski definition) is 0. The van der Waals surface area contributed by atoms with E-state index in [9.17, 15) is 4.79 Å². The zero-order valence-corrected chi connectivity index (χ0v) is 9.36. The van der Waals surface area contributed by atoms with Gasteiger partial charge in [-0.2, -0.15) is 0 Å². The van der Waals surface area contributed by atoms with Crippen LogP contribution in [-0.4, -0.2) is 18.9 Å². The molecule has 15 heavy (non-hydrogen) atoms. The van der Waals surface area contributed by atoms with E-state index in [-0.39, 0.29) is 0 Å². The number of carbonyl (C=O) groups excluding carboxylic acids is 1. The Morgan fingerprint density at radius 1 is 1.47 bits per heavy atom. The van der Waals surface area contributed by atoms with Gasteiger partial charge in [-0.25, -0.2) is 0 Å². The fourth-order valence-corrected chi connectivity index (χ4v) is 2.04. The van der Waals surface area contributed by atoms with E-state index in [2.05, 4.69) is 24.0 Å². The van der Waals surface area contributed by atoms with Gasteiger partial charge in [0.15, 0.2) is 6.29 Å². The van der Waals surface area contributed by atoms with Crippen LogP contribution in [0.3, 0.4) is 0 Å². The number of carbonyl (C=O) groups is 1. The topological polar surface area (TPSA) is 20.3 Å². The Hall–Kier alpha value is -1.31. The van der Waals surface area contributed by atoms with Crippen molar-refractivity contribution in [3.8, 4) is 0 Å². The first-order valence-corrected chi connectivity index (χ1v) is 5.58. The molecule has 1 aromatic carbocycles. The maximum atomic E-state index is 11.0. The molecular formula is C13H17NO. The molecule has 1 saturated carbocycles. The normalized spacial score (nSPS) is 15.1. The zero-order chi connectivity index (χ0) is 10.8. The minimum absolute atomic E-state index is 0.663. The summed E-state index contributed by atoms with van der Waals surface area (Å²) in [7, 11) is 0. The number of nitrogens with zero attached hydrogens (tertiary/aromatic N) is 1. The molecule has 0 spiro atoms. The fourth-order valence-electron chi connectivity index (χ4n) is 2.04. The molecule has 0 amide bonds. The maximum Gasteiger partial charge on any atom is 0.152 e. The van der Waals surface area contributed by atoms with Gasteiger partial charge in [-0.1, -0.05) is 11.6 Å². The number of benzene rings is 1. The second kappa shape index (κ2) is 4.05. The molecule has 2 nitrogen and oxygen atoms in total. The highest BCUT2D eigenvalue weighted by atomic mass is 16.1. The molecule has 0 bridgehead atoms. The molecule has 0 unspecified atom stereocenters. The van der Waals surface area contributed by atoms with Crippen molar-refractivity contribution in [2.75, 3.05) is 11.4 Å². The lowest BCUT2D eigenvalue weighted by atomic mass is 10.1. The number of aryl methyl sites for hydroxylation is 1. The predicted molar refractivity (Wildman–Crippen MR) is 62.6 cm³/mol. The van der Waals surface area contributed by atoms with E-state index in [1.165, 1.54) is 12.8 Å². The van der Waals surface area contributed by atoms with E-state index < -0.39 is 0 Å². The summed E-state index contributed by atoms with van der Waals surface area (Å²) >= 11 is 0. The van der Waals surface area contributed by atoms with Crippen molar-refractivity contribution in [2.24, 2.45) is 0 Å². The molecule has 1 aliphatic rings. The van der Waals surface area contributed by atoms with Crippen LogP contribution in [0, 0.1) is 6.92 Å². The Kier molecular flexibility index (Phi) is 2.76. The number of rotatable bonds is 4. The summed E-state index contributed by atoms with van der Waals surface area (Å²) in [5.74, 6) is 0. The lowest BCUT2D eigenvalue weighted by Gasteiger charge is -2.24. The van der Waals surface area contributed by atoms with Gasteiger partial charge in [-0.15, -0.1) is 0 Å². The third-order valence-electron chi connectivity index (χ3n) is 2.95. The summed E-state index contributed by atoms with van der Waals surface area (Å²) in [5.41, 5.74) is 3.07. The van der Waals surface area contributed by atoms with Gasteiger partial charge in [0.2, 0.25) is 0 Å². The van der Waals surface area contributed by atoms with E-state index in [1.807, 2.05) is 13.0 Å². The Morgan fingerprint density at radius 3 is 2.73 bits per heavy atom. The fraction of sp³-hybridized carbons (Fsp3) is 0.462. The van der Waals surface area contributed by atoms with Crippen LogP contribution in [-0.2, 0) is 0 Å². The Bertz CT molecular complexity index is 369. The molecule has 1 aliphatic carbocycles. The molecule has 0 saturated heterocycles. The second-order valence-electron chi connectivity index (χ2n) is 4.20. The molecular weight excluding hydrogens is 186 g/mol. The average Bonchev–Trinajstić information content (AvgIpc) is 3.05. The number of anilines is 1. The van der Waals surface area contributed by atoms with Crippen LogP contribution in [0.25, 0.3) is 0 Å². The highest BCUT2D eigenvalue weighted by Gasteiger charge is 2.29. The summed E-state index contributed by atoms with van der Waals surface area (Å²) in [6.45, 7) is 5.14. The molecule has 0 N–H and O–H groups in total. The van der Waals surface area contributed by atoms with Crippen molar-refractivity contribution in [1.29, 1.82) is 0 Å². The van der Waals surface area contributed by atoms with Crippen LogP contribution in [0.2, 0.25) is 0 Å². The SMILES string of the molecule is CCN(c1ccc(C)cc1C=O)C1CC1. The molecule has 0 radical (unpaired) electrons. The molecule has 0 atom stereocenters. The molecule has 1 aromatic rings. The van der Waals surface area contributed by atoms with Crippen LogP contribution in [0.4, 0.5) is 5.69 Å². The van der Waals surface area contributed by atoms with Gasteiger partial charge >= 0.3 is 0 Å². The van der Waals surface area contributed by atoms with Crippen molar-refractivity contribution in [1.82, 2.24) is 0 Å². The maximum absolute atomic E-state index is 11.0. The lowest BCUT2D eigenvalue weighted by molar-refractivity contribution is 0.112. The largest absolute Gasteiger partial charge is 0.368 e. The van der Waals surface area contributed by atoms with Crippen LogP contribution in [0.15, 0.2) is 18.2 Å².